The summed E-state index contributed by atoms with van der Waals surface area (Å²) in [6, 6.07) is 5.28. The van der Waals surface area contributed by atoms with E-state index >= 15 is 0 Å². The molecule has 1 aromatic heterocycles. The van der Waals surface area contributed by atoms with Crippen LogP contribution >= 0.6 is 0 Å². The largest absolute Gasteiger partial charge is 0.508 e. The van der Waals surface area contributed by atoms with E-state index in [0.29, 0.717) is 0 Å². The van der Waals surface area contributed by atoms with Crippen LogP contribution in [0.1, 0.15) is 5.69 Å². The van der Waals surface area contributed by atoms with E-state index in [4.69, 9.17) is 0 Å². The maximum Gasteiger partial charge on any atom is 0.117 e. The molecule has 0 spiro atoms. The summed E-state index contributed by atoms with van der Waals surface area (Å²) in [5, 5.41) is 14.6. The van der Waals surface area contributed by atoms with Crippen molar-refractivity contribution in [2.24, 2.45) is 7.05 Å². The molecule has 2 aromatic rings. The second kappa shape index (κ2) is 2.24. The third-order valence-electron chi connectivity index (χ3n) is 2.02. The number of benzene rings is 1. The number of aryl methyl sites for hydroxylation is 2. The lowest BCUT2D eigenvalue weighted by Gasteiger charge is -1.94. The summed E-state index contributed by atoms with van der Waals surface area (Å²) in [5.74, 6) is 0.283. The fourth-order valence-electron chi connectivity index (χ4n) is 1.43. The summed E-state index contributed by atoms with van der Waals surface area (Å²) >= 11 is 0. The van der Waals surface area contributed by atoms with Gasteiger partial charge in [0, 0.05) is 18.5 Å². The van der Waals surface area contributed by atoms with Crippen molar-refractivity contribution in [3.63, 3.8) is 0 Å². The highest BCUT2D eigenvalue weighted by Crippen LogP contribution is 2.21. The molecule has 3 nitrogen and oxygen atoms in total. The van der Waals surface area contributed by atoms with Crippen molar-refractivity contribution in [2.75, 3.05) is 0 Å². The molecule has 2 rings (SSSR count). The van der Waals surface area contributed by atoms with Crippen LogP contribution in [-0.4, -0.2) is 14.9 Å². The highest BCUT2D eigenvalue weighted by atomic mass is 16.3. The highest BCUT2D eigenvalue weighted by molar-refractivity contribution is 5.82. The van der Waals surface area contributed by atoms with Gasteiger partial charge in [0.15, 0.2) is 0 Å². The average Bonchev–Trinajstić information content (AvgIpc) is 2.28. The lowest BCUT2D eigenvalue weighted by molar-refractivity contribution is 0.476. The fourth-order valence-corrected chi connectivity index (χ4v) is 1.43. The predicted molar refractivity (Wildman–Crippen MR) is 47.1 cm³/mol. The maximum absolute atomic E-state index is 9.22. The van der Waals surface area contributed by atoms with Crippen LogP contribution in [-0.2, 0) is 7.05 Å². The number of hydrogen-bond acceptors (Lipinski definition) is 2. The summed E-state index contributed by atoms with van der Waals surface area (Å²) in [7, 11) is 1.87. The summed E-state index contributed by atoms with van der Waals surface area (Å²) in [6.07, 6.45) is 0. The Hall–Kier alpha value is -1.51. The molecule has 1 N–H and O–H groups in total. The van der Waals surface area contributed by atoms with Crippen molar-refractivity contribution in [2.45, 2.75) is 6.92 Å². The highest BCUT2D eigenvalue weighted by Gasteiger charge is 2.03. The minimum absolute atomic E-state index is 0.283. The molecule has 0 saturated heterocycles. The molecule has 0 aliphatic rings. The van der Waals surface area contributed by atoms with E-state index in [9.17, 15) is 5.11 Å². The van der Waals surface area contributed by atoms with E-state index in [1.165, 1.54) is 0 Å². The third-order valence-corrected chi connectivity index (χ3v) is 2.02. The van der Waals surface area contributed by atoms with Gasteiger partial charge in [0.25, 0.3) is 0 Å². The van der Waals surface area contributed by atoms with E-state index in [2.05, 4.69) is 5.10 Å². The summed E-state index contributed by atoms with van der Waals surface area (Å²) in [6.45, 7) is 1.96. The molecule has 0 bridgehead atoms. The van der Waals surface area contributed by atoms with Gasteiger partial charge in [-0.1, -0.05) is 0 Å². The first-order valence-electron chi connectivity index (χ1n) is 3.81. The number of hydrogen-bond donors (Lipinski definition) is 1. The molecule has 1 aromatic carbocycles. The molecule has 3 heteroatoms. The number of nitrogens with zero attached hydrogens (tertiary/aromatic N) is 2. The molecule has 0 amide bonds. The standard InChI is InChI=1S/C9H10N2O/c1-6-8-4-3-7(12)5-9(8)11(2)10-6/h3-5,12H,1-2H3. The first-order chi connectivity index (χ1) is 5.68. The molecular formula is C9H10N2O. The molecule has 0 fully saturated rings. The van der Waals surface area contributed by atoms with Crippen LogP contribution < -0.4 is 0 Å². The first-order valence-corrected chi connectivity index (χ1v) is 3.81. The van der Waals surface area contributed by atoms with Gasteiger partial charge in [-0.2, -0.15) is 5.10 Å². The number of phenolic OH excluding ortho intramolecular Hbond substituents is 1. The normalized spacial score (nSPS) is 10.8. The van der Waals surface area contributed by atoms with Gasteiger partial charge < -0.3 is 5.11 Å². The van der Waals surface area contributed by atoms with Gasteiger partial charge >= 0.3 is 0 Å². The topological polar surface area (TPSA) is 38.0 Å². The Morgan fingerprint density at radius 3 is 2.92 bits per heavy atom. The second-order valence-corrected chi connectivity index (χ2v) is 2.91. The van der Waals surface area contributed by atoms with Crippen LogP contribution in [0, 0.1) is 6.92 Å². The van der Waals surface area contributed by atoms with Gasteiger partial charge in [-0.05, 0) is 19.1 Å². The van der Waals surface area contributed by atoms with Gasteiger partial charge in [0.2, 0.25) is 0 Å². The van der Waals surface area contributed by atoms with Crippen molar-refractivity contribution < 1.29 is 5.11 Å². The molecule has 0 radical (unpaired) electrons. The van der Waals surface area contributed by atoms with Crippen LogP contribution in [0.4, 0.5) is 0 Å². The summed E-state index contributed by atoms with van der Waals surface area (Å²) < 4.78 is 1.77. The lowest BCUT2D eigenvalue weighted by atomic mass is 10.2. The molecule has 0 aliphatic heterocycles. The molecule has 62 valence electrons. The number of phenols is 1. The first kappa shape index (κ1) is 7.16. The van der Waals surface area contributed by atoms with Gasteiger partial charge in [-0.15, -0.1) is 0 Å². The SMILES string of the molecule is Cc1nn(C)c2cc(O)ccc12. The third kappa shape index (κ3) is 0.863. The van der Waals surface area contributed by atoms with Crippen molar-refractivity contribution in [3.05, 3.63) is 23.9 Å². The minimum atomic E-state index is 0.283. The van der Waals surface area contributed by atoms with E-state index in [1.54, 1.807) is 16.8 Å². The second-order valence-electron chi connectivity index (χ2n) is 2.91. The summed E-state index contributed by atoms with van der Waals surface area (Å²) in [4.78, 5) is 0. The van der Waals surface area contributed by atoms with Gasteiger partial charge in [0.05, 0.1) is 11.2 Å². The number of aromatic hydroxyl groups is 1. The monoisotopic (exact) mass is 162 g/mol. The molecule has 0 atom stereocenters. The zero-order valence-electron chi connectivity index (χ0n) is 7.07. The summed E-state index contributed by atoms with van der Waals surface area (Å²) in [5.41, 5.74) is 1.96. The number of fused-ring (bicyclic) bond motifs is 1. The molecule has 0 unspecified atom stereocenters. The van der Waals surface area contributed by atoms with Crippen molar-refractivity contribution in [3.8, 4) is 5.75 Å². The number of rotatable bonds is 0. The smallest absolute Gasteiger partial charge is 0.117 e. The predicted octanol–water partition coefficient (Wildman–Crippen LogP) is 1.59. The van der Waals surface area contributed by atoms with Crippen molar-refractivity contribution in [1.29, 1.82) is 0 Å². The quantitative estimate of drug-likeness (QED) is 0.638. The Bertz CT molecular complexity index is 431. The lowest BCUT2D eigenvalue weighted by Crippen LogP contribution is -1.88. The van der Waals surface area contributed by atoms with Gasteiger partial charge in [0.1, 0.15) is 5.75 Å². The Kier molecular flexibility index (Phi) is 1.33. The van der Waals surface area contributed by atoms with Gasteiger partial charge in [-0.25, -0.2) is 0 Å². The Morgan fingerprint density at radius 1 is 1.42 bits per heavy atom. The maximum atomic E-state index is 9.22. The van der Waals surface area contributed by atoms with Crippen LogP contribution in [0.3, 0.4) is 0 Å². The average molecular weight is 162 g/mol. The zero-order valence-corrected chi connectivity index (χ0v) is 7.07. The van der Waals surface area contributed by atoms with Crippen LogP contribution in [0.25, 0.3) is 10.9 Å². The van der Waals surface area contributed by atoms with Crippen LogP contribution in [0.2, 0.25) is 0 Å². The van der Waals surface area contributed by atoms with E-state index in [-0.39, 0.29) is 5.75 Å². The van der Waals surface area contributed by atoms with E-state index in [1.807, 2.05) is 20.0 Å². The molecule has 0 aliphatic carbocycles. The number of aromatic nitrogens is 2. The van der Waals surface area contributed by atoms with Crippen molar-refractivity contribution in [1.82, 2.24) is 9.78 Å². The van der Waals surface area contributed by atoms with Crippen LogP contribution in [0.15, 0.2) is 18.2 Å². The molecule has 1 heterocycles. The van der Waals surface area contributed by atoms with E-state index in [0.717, 1.165) is 16.6 Å². The van der Waals surface area contributed by atoms with Crippen molar-refractivity contribution >= 4 is 10.9 Å². The molecular weight excluding hydrogens is 152 g/mol. The van der Waals surface area contributed by atoms with Crippen LogP contribution in [0.5, 0.6) is 5.75 Å². The Labute approximate surface area is 70.2 Å². The fraction of sp³-hybridized carbons (Fsp3) is 0.222. The Balaban J connectivity index is 2.90. The van der Waals surface area contributed by atoms with Gasteiger partial charge in [-0.3, -0.25) is 4.68 Å². The minimum Gasteiger partial charge on any atom is -0.508 e. The molecule has 0 saturated carbocycles. The Morgan fingerprint density at radius 2 is 2.17 bits per heavy atom. The van der Waals surface area contributed by atoms with E-state index < -0.39 is 0 Å². The zero-order chi connectivity index (χ0) is 8.72. The molecule has 12 heavy (non-hydrogen) atoms.